The molecule has 1 aromatic heterocycles. The molecule has 2 heterocycles. The fraction of sp³-hybridized carbons (Fsp3) is 0.286. The number of hydrogen-bond donors (Lipinski definition) is 0. The van der Waals surface area contributed by atoms with Crippen LogP contribution in [0.15, 0.2) is 60.8 Å². The van der Waals surface area contributed by atoms with Gasteiger partial charge in [0.05, 0.1) is 13.2 Å². The van der Waals surface area contributed by atoms with Gasteiger partial charge in [0.25, 0.3) is 0 Å². The van der Waals surface area contributed by atoms with Gasteiger partial charge in [-0.25, -0.2) is 0 Å². The number of carbonyl (C=O) groups is 1. The lowest BCUT2D eigenvalue weighted by atomic mass is 10.2. The maximum absolute atomic E-state index is 12.5. The van der Waals surface area contributed by atoms with Crippen molar-refractivity contribution in [3.63, 3.8) is 0 Å². The van der Waals surface area contributed by atoms with Crippen LogP contribution < -0.4 is 4.74 Å². The van der Waals surface area contributed by atoms with Crippen molar-refractivity contribution in [2.75, 3.05) is 26.3 Å². The summed E-state index contributed by atoms with van der Waals surface area (Å²) in [6.07, 6.45) is 1.96. The molecular formula is C21H22N2O3. The molecule has 0 spiro atoms. The van der Waals surface area contributed by atoms with E-state index in [9.17, 15) is 4.79 Å². The zero-order valence-electron chi connectivity index (χ0n) is 14.6. The van der Waals surface area contributed by atoms with Gasteiger partial charge < -0.3 is 18.9 Å². The Hall–Kier alpha value is -2.79. The molecule has 134 valence electrons. The highest BCUT2D eigenvalue weighted by Gasteiger charge is 2.17. The second-order valence-electron chi connectivity index (χ2n) is 6.43. The molecule has 0 saturated carbocycles. The summed E-state index contributed by atoms with van der Waals surface area (Å²) in [5.41, 5.74) is 2.18. The van der Waals surface area contributed by atoms with Gasteiger partial charge in [0.15, 0.2) is 0 Å². The molecule has 0 aliphatic carbocycles. The smallest absolute Gasteiger partial charge is 0.242 e. The Bertz CT molecular complexity index is 883. The Labute approximate surface area is 152 Å². The molecule has 1 saturated heterocycles. The van der Waals surface area contributed by atoms with E-state index in [1.807, 2.05) is 70.3 Å². The molecule has 5 nitrogen and oxygen atoms in total. The highest BCUT2D eigenvalue weighted by atomic mass is 16.5. The van der Waals surface area contributed by atoms with Crippen LogP contribution in [0.2, 0.25) is 0 Å². The van der Waals surface area contributed by atoms with Gasteiger partial charge in [-0.3, -0.25) is 4.79 Å². The molecule has 1 aliphatic heterocycles. The van der Waals surface area contributed by atoms with Crippen LogP contribution in [0.3, 0.4) is 0 Å². The van der Waals surface area contributed by atoms with Crippen LogP contribution >= 0.6 is 0 Å². The van der Waals surface area contributed by atoms with E-state index in [2.05, 4.69) is 0 Å². The third-order valence-corrected chi connectivity index (χ3v) is 4.66. The summed E-state index contributed by atoms with van der Waals surface area (Å²) >= 11 is 0. The first-order valence-corrected chi connectivity index (χ1v) is 8.91. The zero-order valence-corrected chi connectivity index (χ0v) is 14.6. The third-order valence-electron chi connectivity index (χ3n) is 4.66. The number of hydrogen-bond acceptors (Lipinski definition) is 3. The van der Waals surface area contributed by atoms with E-state index in [4.69, 9.17) is 9.47 Å². The Morgan fingerprint density at radius 2 is 1.85 bits per heavy atom. The summed E-state index contributed by atoms with van der Waals surface area (Å²) in [5, 5.41) is 1.07. The summed E-state index contributed by atoms with van der Waals surface area (Å²) in [6.45, 7) is 3.50. The van der Waals surface area contributed by atoms with E-state index < -0.39 is 0 Å². The molecule has 26 heavy (non-hydrogen) atoms. The van der Waals surface area contributed by atoms with Crippen molar-refractivity contribution in [2.45, 2.75) is 13.2 Å². The highest BCUT2D eigenvalue weighted by molar-refractivity contribution is 5.84. The summed E-state index contributed by atoms with van der Waals surface area (Å²) in [7, 11) is 0. The van der Waals surface area contributed by atoms with Crippen molar-refractivity contribution in [3.05, 3.63) is 66.4 Å². The third kappa shape index (κ3) is 3.73. The molecule has 4 rings (SSSR count). The SMILES string of the molecule is O=C(Cn1ccc2cc(OCc3ccccc3)ccc21)N1CCOCC1. The van der Waals surface area contributed by atoms with E-state index in [1.54, 1.807) is 0 Å². The Morgan fingerprint density at radius 1 is 1.04 bits per heavy atom. The number of aromatic nitrogens is 1. The van der Waals surface area contributed by atoms with E-state index >= 15 is 0 Å². The highest BCUT2D eigenvalue weighted by Crippen LogP contribution is 2.23. The van der Waals surface area contributed by atoms with Crippen LogP contribution in [-0.4, -0.2) is 41.7 Å². The van der Waals surface area contributed by atoms with Gasteiger partial charge in [-0.05, 0) is 29.8 Å². The number of rotatable bonds is 5. The lowest BCUT2D eigenvalue weighted by Crippen LogP contribution is -2.42. The zero-order chi connectivity index (χ0) is 17.8. The van der Waals surface area contributed by atoms with Gasteiger partial charge >= 0.3 is 0 Å². The van der Waals surface area contributed by atoms with Crippen molar-refractivity contribution in [3.8, 4) is 5.75 Å². The van der Waals surface area contributed by atoms with E-state index in [-0.39, 0.29) is 5.91 Å². The number of nitrogens with zero attached hydrogens (tertiary/aromatic N) is 2. The fourth-order valence-electron chi connectivity index (χ4n) is 3.21. The first kappa shape index (κ1) is 16.7. The molecule has 0 bridgehead atoms. The lowest BCUT2D eigenvalue weighted by molar-refractivity contribution is -0.135. The van der Waals surface area contributed by atoms with E-state index in [1.165, 1.54) is 0 Å². The Balaban J connectivity index is 1.44. The maximum atomic E-state index is 12.5. The first-order chi connectivity index (χ1) is 12.8. The molecule has 0 N–H and O–H groups in total. The quantitative estimate of drug-likeness (QED) is 0.710. The average Bonchev–Trinajstić information content (AvgIpc) is 3.10. The summed E-state index contributed by atoms with van der Waals surface area (Å²) in [6, 6.07) is 18.1. The van der Waals surface area contributed by atoms with Crippen molar-refractivity contribution in [1.82, 2.24) is 9.47 Å². The number of benzene rings is 2. The number of carbonyl (C=O) groups excluding carboxylic acids is 1. The summed E-state index contributed by atoms with van der Waals surface area (Å²) in [5.74, 6) is 0.966. The Kier molecular flexibility index (Phi) is 4.88. The molecule has 1 fully saturated rings. The van der Waals surface area contributed by atoms with Crippen LogP contribution in [0.1, 0.15) is 5.56 Å². The van der Waals surface area contributed by atoms with Gasteiger partial charge in [0.1, 0.15) is 18.9 Å². The van der Waals surface area contributed by atoms with Crippen LogP contribution in [-0.2, 0) is 22.7 Å². The van der Waals surface area contributed by atoms with Crippen LogP contribution in [0.5, 0.6) is 5.75 Å². The van der Waals surface area contributed by atoms with Gasteiger partial charge in [0.2, 0.25) is 5.91 Å². The Morgan fingerprint density at radius 3 is 2.65 bits per heavy atom. The predicted molar refractivity (Wildman–Crippen MR) is 100 cm³/mol. The lowest BCUT2D eigenvalue weighted by Gasteiger charge is -2.27. The summed E-state index contributed by atoms with van der Waals surface area (Å²) < 4.78 is 13.2. The van der Waals surface area contributed by atoms with Crippen molar-refractivity contribution >= 4 is 16.8 Å². The first-order valence-electron chi connectivity index (χ1n) is 8.91. The molecule has 2 aromatic carbocycles. The maximum Gasteiger partial charge on any atom is 0.242 e. The summed E-state index contributed by atoms with van der Waals surface area (Å²) in [4.78, 5) is 14.3. The van der Waals surface area contributed by atoms with E-state index in [0.717, 1.165) is 22.2 Å². The minimum Gasteiger partial charge on any atom is -0.489 e. The second-order valence-corrected chi connectivity index (χ2v) is 6.43. The van der Waals surface area contributed by atoms with Crippen molar-refractivity contribution in [2.24, 2.45) is 0 Å². The molecule has 0 atom stereocenters. The van der Waals surface area contributed by atoms with Crippen molar-refractivity contribution in [1.29, 1.82) is 0 Å². The number of amides is 1. The topological polar surface area (TPSA) is 43.7 Å². The molecular weight excluding hydrogens is 328 g/mol. The molecule has 1 aliphatic rings. The number of morpholine rings is 1. The standard InChI is InChI=1S/C21H22N2O3/c24-21(22-10-12-25-13-11-22)15-23-9-8-18-14-19(6-7-20(18)23)26-16-17-4-2-1-3-5-17/h1-9,14H,10-13,15-16H2. The predicted octanol–water partition coefficient (Wildman–Crippen LogP) is 3.08. The van der Waals surface area contributed by atoms with Crippen molar-refractivity contribution < 1.29 is 14.3 Å². The number of ether oxygens (including phenoxy) is 2. The largest absolute Gasteiger partial charge is 0.489 e. The van der Waals surface area contributed by atoms with Crippen LogP contribution in [0.4, 0.5) is 0 Å². The van der Waals surface area contributed by atoms with E-state index in [0.29, 0.717) is 39.5 Å². The number of fused-ring (bicyclic) bond motifs is 1. The van der Waals surface area contributed by atoms with Gasteiger partial charge in [-0.1, -0.05) is 30.3 Å². The molecule has 5 heteroatoms. The molecule has 0 radical (unpaired) electrons. The second kappa shape index (κ2) is 7.62. The monoisotopic (exact) mass is 350 g/mol. The normalized spacial score (nSPS) is 14.5. The van der Waals surface area contributed by atoms with Crippen LogP contribution in [0.25, 0.3) is 10.9 Å². The van der Waals surface area contributed by atoms with Gasteiger partial charge in [0, 0.05) is 30.2 Å². The van der Waals surface area contributed by atoms with Gasteiger partial charge in [-0.15, -0.1) is 0 Å². The van der Waals surface area contributed by atoms with Crippen LogP contribution in [0, 0.1) is 0 Å². The fourth-order valence-corrected chi connectivity index (χ4v) is 3.21. The average molecular weight is 350 g/mol. The molecule has 0 unspecified atom stereocenters. The van der Waals surface area contributed by atoms with Gasteiger partial charge in [-0.2, -0.15) is 0 Å². The minimum absolute atomic E-state index is 0.134. The molecule has 1 amide bonds. The molecule has 3 aromatic rings. The minimum atomic E-state index is 0.134.